The van der Waals surface area contributed by atoms with Crippen molar-refractivity contribution in [3.63, 3.8) is 0 Å². The lowest BCUT2D eigenvalue weighted by Gasteiger charge is -2.11. The maximum atomic E-state index is 12.3. The molecule has 3 rings (SSSR count). The van der Waals surface area contributed by atoms with Gasteiger partial charge in [-0.05, 0) is 44.7 Å². The summed E-state index contributed by atoms with van der Waals surface area (Å²) >= 11 is 3.17. The Morgan fingerprint density at radius 3 is 2.77 bits per heavy atom. The zero-order chi connectivity index (χ0) is 18.5. The van der Waals surface area contributed by atoms with Crippen LogP contribution in [0.5, 0.6) is 0 Å². The molecule has 0 saturated carbocycles. The molecule has 1 aromatic carbocycles. The number of carbonyl (C=O) groups excluding carboxylic acids is 1. The molecule has 1 amide bonds. The number of nitro benzene ring substituents is 1. The number of thiazole rings is 1. The van der Waals surface area contributed by atoms with Gasteiger partial charge in [0.25, 0.3) is 5.69 Å². The van der Waals surface area contributed by atoms with E-state index in [0.717, 1.165) is 29.2 Å². The van der Waals surface area contributed by atoms with Crippen LogP contribution >= 0.6 is 23.1 Å². The molecule has 138 valence electrons. The molecule has 1 N–H and O–H groups in total. The molecule has 0 bridgehead atoms. The van der Waals surface area contributed by atoms with Gasteiger partial charge in [0, 0.05) is 34.9 Å². The van der Waals surface area contributed by atoms with Gasteiger partial charge in [0.15, 0.2) is 0 Å². The molecular formula is C18H21N3O3S2. The van der Waals surface area contributed by atoms with Crippen molar-refractivity contribution in [3.05, 3.63) is 50.0 Å². The first-order valence-corrected chi connectivity index (χ1v) is 10.4. The zero-order valence-electron chi connectivity index (χ0n) is 14.6. The van der Waals surface area contributed by atoms with Gasteiger partial charge in [-0.25, -0.2) is 4.98 Å². The summed E-state index contributed by atoms with van der Waals surface area (Å²) < 4.78 is 0. The molecule has 0 saturated heterocycles. The van der Waals surface area contributed by atoms with Crippen LogP contribution in [0.3, 0.4) is 0 Å². The molecular weight excluding hydrogens is 370 g/mol. The number of nitrogens with one attached hydrogen (secondary N) is 1. The monoisotopic (exact) mass is 391 g/mol. The van der Waals surface area contributed by atoms with Crippen LogP contribution in [0.2, 0.25) is 0 Å². The molecule has 1 aliphatic carbocycles. The number of aryl methyl sites for hydroxylation is 2. The summed E-state index contributed by atoms with van der Waals surface area (Å²) in [5.74, 6) is -0.0327. The number of nitro groups is 1. The Morgan fingerprint density at radius 2 is 2.08 bits per heavy atom. The number of non-ortho nitro benzene ring substituents is 1. The lowest BCUT2D eigenvalue weighted by atomic mass is 10.0. The van der Waals surface area contributed by atoms with Crippen LogP contribution in [0, 0.1) is 10.1 Å². The third-order valence-electron chi connectivity index (χ3n) is 4.26. The van der Waals surface area contributed by atoms with Crippen molar-refractivity contribution in [2.24, 2.45) is 0 Å². The van der Waals surface area contributed by atoms with E-state index in [9.17, 15) is 14.9 Å². The number of nitrogens with zero attached hydrogens (tertiary/aromatic N) is 2. The molecule has 0 fully saturated rings. The number of benzene rings is 1. The van der Waals surface area contributed by atoms with Crippen LogP contribution in [0.15, 0.2) is 29.2 Å². The maximum absolute atomic E-state index is 12.3. The number of carbonyl (C=O) groups is 1. The van der Waals surface area contributed by atoms with Crippen molar-refractivity contribution in [1.82, 2.24) is 10.3 Å². The number of thioether (sulfide) groups is 1. The first-order chi connectivity index (χ1) is 12.5. The van der Waals surface area contributed by atoms with Crippen molar-refractivity contribution in [2.75, 3.05) is 6.54 Å². The molecule has 2 aromatic rings. The van der Waals surface area contributed by atoms with E-state index in [2.05, 4.69) is 10.3 Å². The highest BCUT2D eigenvalue weighted by atomic mass is 32.2. The van der Waals surface area contributed by atoms with Crippen molar-refractivity contribution < 1.29 is 9.72 Å². The second kappa shape index (κ2) is 8.64. The fraction of sp³-hybridized carbons (Fsp3) is 0.444. The normalized spacial score (nSPS) is 14.5. The predicted octanol–water partition coefficient (Wildman–Crippen LogP) is 3.77. The van der Waals surface area contributed by atoms with E-state index in [1.807, 2.05) is 6.92 Å². The first kappa shape index (κ1) is 18.8. The summed E-state index contributed by atoms with van der Waals surface area (Å²) in [5.41, 5.74) is 1.31. The minimum absolute atomic E-state index is 0.0327. The first-order valence-electron chi connectivity index (χ1n) is 8.69. The zero-order valence-corrected chi connectivity index (χ0v) is 16.2. The van der Waals surface area contributed by atoms with Crippen molar-refractivity contribution in [1.29, 1.82) is 0 Å². The van der Waals surface area contributed by atoms with Crippen LogP contribution in [0.1, 0.15) is 35.3 Å². The predicted molar refractivity (Wildman–Crippen MR) is 104 cm³/mol. The van der Waals surface area contributed by atoms with Crippen LogP contribution in [-0.2, 0) is 24.1 Å². The topological polar surface area (TPSA) is 85.1 Å². The lowest BCUT2D eigenvalue weighted by molar-refractivity contribution is -0.384. The van der Waals surface area contributed by atoms with Gasteiger partial charge in [0.2, 0.25) is 5.91 Å². The summed E-state index contributed by atoms with van der Waals surface area (Å²) in [6.45, 7) is 2.42. The second-order valence-corrected chi connectivity index (χ2v) is 8.82. The van der Waals surface area contributed by atoms with Crippen molar-refractivity contribution in [2.45, 2.75) is 49.2 Å². The van der Waals surface area contributed by atoms with Gasteiger partial charge in [-0.3, -0.25) is 14.9 Å². The Labute approximate surface area is 160 Å². The summed E-state index contributed by atoms with van der Waals surface area (Å²) in [6, 6.07) is 6.26. The maximum Gasteiger partial charge on any atom is 0.269 e. The molecule has 1 atom stereocenters. The molecule has 1 aromatic heterocycles. The van der Waals surface area contributed by atoms with E-state index in [1.165, 1.54) is 47.3 Å². The molecule has 0 aliphatic heterocycles. The van der Waals surface area contributed by atoms with E-state index < -0.39 is 4.92 Å². The molecule has 1 heterocycles. The molecule has 8 heteroatoms. The van der Waals surface area contributed by atoms with E-state index in [-0.39, 0.29) is 16.8 Å². The minimum atomic E-state index is -0.430. The largest absolute Gasteiger partial charge is 0.355 e. The average molecular weight is 392 g/mol. The van der Waals surface area contributed by atoms with Gasteiger partial charge in [0.1, 0.15) is 0 Å². The van der Waals surface area contributed by atoms with Crippen LogP contribution in [0.25, 0.3) is 0 Å². The standard InChI is InChI=1S/C18H21N3O3S2/c1-12(25-14-8-6-13(7-9-14)21(23)24)18(22)19-11-10-17-20-15-4-2-3-5-16(15)26-17/h6-9,12H,2-5,10-11H2,1H3,(H,19,22). The van der Waals surface area contributed by atoms with Crippen LogP contribution in [-0.4, -0.2) is 27.6 Å². The molecule has 1 aliphatic rings. The fourth-order valence-electron chi connectivity index (χ4n) is 2.85. The van der Waals surface area contributed by atoms with Gasteiger partial charge >= 0.3 is 0 Å². The molecule has 1 unspecified atom stereocenters. The summed E-state index contributed by atoms with van der Waals surface area (Å²) in [4.78, 5) is 29.4. The van der Waals surface area contributed by atoms with Crippen LogP contribution in [0.4, 0.5) is 5.69 Å². The third kappa shape index (κ3) is 4.82. The highest BCUT2D eigenvalue weighted by molar-refractivity contribution is 8.00. The van der Waals surface area contributed by atoms with Crippen molar-refractivity contribution in [3.8, 4) is 0 Å². The Hall–Kier alpha value is -1.93. The van der Waals surface area contributed by atoms with E-state index in [4.69, 9.17) is 0 Å². The summed E-state index contributed by atoms with van der Waals surface area (Å²) in [6.07, 6.45) is 5.47. The smallest absolute Gasteiger partial charge is 0.269 e. The Bertz CT molecular complexity index is 766. The third-order valence-corrected chi connectivity index (χ3v) is 6.59. The van der Waals surface area contributed by atoms with Gasteiger partial charge in [0.05, 0.1) is 20.9 Å². The van der Waals surface area contributed by atoms with Gasteiger partial charge < -0.3 is 5.32 Å². The Balaban J connectivity index is 1.45. The molecule has 0 radical (unpaired) electrons. The highest BCUT2D eigenvalue weighted by Gasteiger charge is 2.17. The SMILES string of the molecule is CC(Sc1ccc([N+](=O)[O-])cc1)C(=O)NCCc1nc2c(s1)CCCC2. The minimum Gasteiger partial charge on any atom is -0.355 e. The number of fused-ring (bicyclic) bond motifs is 1. The molecule has 26 heavy (non-hydrogen) atoms. The van der Waals surface area contributed by atoms with E-state index >= 15 is 0 Å². The fourth-order valence-corrected chi connectivity index (χ4v) is 4.90. The van der Waals surface area contributed by atoms with Crippen molar-refractivity contribution >= 4 is 34.7 Å². The lowest BCUT2D eigenvalue weighted by Crippen LogP contribution is -2.32. The summed E-state index contributed by atoms with van der Waals surface area (Å²) in [5, 5.41) is 14.5. The van der Waals surface area contributed by atoms with E-state index in [1.54, 1.807) is 23.5 Å². The number of rotatable bonds is 7. The number of hydrogen-bond donors (Lipinski definition) is 1. The van der Waals surface area contributed by atoms with Crippen LogP contribution < -0.4 is 5.32 Å². The van der Waals surface area contributed by atoms with Gasteiger partial charge in [-0.15, -0.1) is 23.1 Å². The molecule has 6 nitrogen and oxygen atoms in total. The molecule has 0 spiro atoms. The van der Waals surface area contributed by atoms with E-state index in [0.29, 0.717) is 6.54 Å². The highest BCUT2D eigenvalue weighted by Crippen LogP contribution is 2.27. The quantitative estimate of drug-likeness (QED) is 0.441. The summed E-state index contributed by atoms with van der Waals surface area (Å²) in [7, 11) is 0. The Kier molecular flexibility index (Phi) is 6.26. The average Bonchev–Trinajstić information content (AvgIpc) is 3.04. The number of aromatic nitrogens is 1. The van der Waals surface area contributed by atoms with Gasteiger partial charge in [-0.2, -0.15) is 0 Å². The number of amides is 1. The number of hydrogen-bond acceptors (Lipinski definition) is 6. The van der Waals surface area contributed by atoms with Gasteiger partial charge in [-0.1, -0.05) is 0 Å². The Morgan fingerprint density at radius 1 is 1.35 bits per heavy atom. The second-order valence-electron chi connectivity index (χ2n) is 6.24.